The predicted octanol–water partition coefficient (Wildman–Crippen LogP) is 16.9. The van der Waals surface area contributed by atoms with E-state index in [1.807, 2.05) is 0 Å². The quantitative estimate of drug-likeness (QED) is 0.0321. The van der Waals surface area contributed by atoms with E-state index in [9.17, 15) is 19.8 Å². The molecule has 0 radical (unpaired) electrons. The van der Waals surface area contributed by atoms with Crippen LogP contribution >= 0.6 is 0 Å². The Morgan fingerprint density at radius 3 is 1.16 bits per heavy atom. The highest BCUT2D eigenvalue weighted by atomic mass is 16.5. The van der Waals surface area contributed by atoms with E-state index in [0.717, 1.165) is 44.9 Å². The van der Waals surface area contributed by atoms with Crippen molar-refractivity contribution in [3.05, 3.63) is 12.2 Å². The van der Waals surface area contributed by atoms with E-state index in [-0.39, 0.29) is 18.5 Å². The van der Waals surface area contributed by atoms with Gasteiger partial charge in [-0.15, -0.1) is 0 Å². The van der Waals surface area contributed by atoms with Crippen LogP contribution in [-0.2, 0) is 14.3 Å². The van der Waals surface area contributed by atoms with Crippen molar-refractivity contribution in [2.24, 2.45) is 0 Å². The van der Waals surface area contributed by atoms with E-state index in [1.165, 1.54) is 231 Å². The van der Waals surface area contributed by atoms with E-state index in [1.54, 1.807) is 0 Å². The number of amides is 1. The first-order chi connectivity index (χ1) is 30.5. The van der Waals surface area contributed by atoms with Crippen LogP contribution in [0.1, 0.15) is 309 Å². The second kappa shape index (κ2) is 52.2. The summed E-state index contributed by atoms with van der Waals surface area (Å²) < 4.78 is 5.47. The van der Waals surface area contributed by atoms with Gasteiger partial charge in [-0.3, -0.25) is 9.59 Å². The normalized spacial score (nSPS) is 12.6. The second-order valence-corrected chi connectivity index (χ2v) is 19.3. The number of aliphatic hydroxyl groups excluding tert-OH is 2. The molecule has 368 valence electrons. The largest absolute Gasteiger partial charge is 0.466 e. The van der Waals surface area contributed by atoms with E-state index in [4.69, 9.17) is 4.74 Å². The van der Waals surface area contributed by atoms with Crippen LogP contribution in [-0.4, -0.2) is 47.4 Å². The molecule has 0 aromatic heterocycles. The van der Waals surface area contributed by atoms with Crippen LogP contribution in [0.5, 0.6) is 0 Å². The molecule has 0 spiro atoms. The third kappa shape index (κ3) is 48.1. The monoisotopic (exact) mass is 876 g/mol. The second-order valence-electron chi connectivity index (χ2n) is 19.3. The Bertz CT molecular complexity index is 924. The van der Waals surface area contributed by atoms with Gasteiger partial charge in [0.2, 0.25) is 5.91 Å². The summed E-state index contributed by atoms with van der Waals surface area (Å²) in [6.45, 7) is 4.92. The maximum absolute atomic E-state index is 12.4. The number of ether oxygens (including phenoxy) is 1. The van der Waals surface area contributed by atoms with Crippen molar-refractivity contribution in [1.29, 1.82) is 0 Å². The maximum Gasteiger partial charge on any atom is 0.305 e. The lowest BCUT2D eigenvalue weighted by molar-refractivity contribution is -0.143. The van der Waals surface area contributed by atoms with Crippen LogP contribution in [0.3, 0.4) is 0 Å². The number of nitrogens with one attached hydrogen (secondary N) is 1. The standard InChI is InChI=1S/C56H109NO5/c1-3-5-7-9-11-13-14-26-30-34-38-42-46-50-56(61)62-51-47-43-39-35-31-28-25-23-21-19-17-15-16-18-20-22-24-27-29-33-37-41-45-49-55(60)57-53(52-58)54(59)48-44-40-36-32-12-10-8-6-4-2/h13-14,53-54,58-59H,3-12,15-52H2,1-2H3,(H,57,60)/b14-13-. The molecule has 0 bridgehead atoms. The van der Waals surface area contributed by atoms with Gasteiger partial charge in [-0.25, -0.2) is 0 Å². The average Bonchev–Trinajstić information content (AvgIpc) is 3.27. The number of hydrogen-bond donors (Lipinski definition) is 3. The Balaban J connectivity index is 3.34. The highest BCUT2D eigenvalue weighted by molar-refractivity contribution is 5.76. The molecule has 62 heavy (non-hydrogen) atoms. The lowest BCUT2D eigenvalue weighted by atomic mass is 10.0. The zero-order chi connectivity index (χ0) is 45.1. The van der Waals surface area contributed by atoms with E-state index in [2.05, 4.69) is 31.3 Å². The molecule has 0 aliphatic heterocycles. The van der Waals surface area contributed by atoms with E-state index < -0.39 is 12.1 Å². The number of aliphatic hydroxyl groups is 2. The minimum atomic E-state index is -0.660. The lowest BCUT2D eigenvalue weighted by Gasteiger charge is -2.22. The summed E-state index contributed by atoms with van der Waals surface area (Å²) in [6, 6.07) is -0.538. The number of allylic oxidation sites excluding steroid dienone is 2. The van der Waals surface area contributed by atoms with Crippen molar-refractivity contribution in [2.75, 3.05) is 13.2 Å². The SMILES string of the molecule is CCCCCC/C=C\CCCCCCCC(=O)OCCCCCCCCCCCCCCCCCCCCCCCCCC(=O)NC(CO)C(O)CCCCCCCCCCC. The van der Waals surface area contributed by atoms with Gasteiger partial charge in [-0.05, 0) is 51.4 Å². The Hall–Kier alpha value is -1.40. The molecule has 3 N–H and O–H groups in total. The van der Waals surface area contributed by atoms with Gasteiger partial charge in [0.1, 0.15) is 0 Å². The molecule has 0 heterocycles. The molecule has 0 saturated heterocycles. The number of hydrogen-bond acceptors (Lipinski definition) is 5. The van der Waals surface area contributed by atoms with Crippen LogP contribution in [0.25, 0.3) is 0 Å². The van der Waals surface area contributed by atoms with Crippen LogP contribution in [0.15, 0.2) is 12.2 Å². The molecular formula is C56H109NO5. The highest BCUT2D eigenvalue weighted by Gasteiger charge is 2.20. The Morgan fingerprint density at radius 2 is 0.758 bits per heavy atom. The molecule has 0 aromatic rings. The number of rotatable bonds is 52. The van der Waals surface area contributed by atoms with Gasteiger partial charge in [0, 0.05) is 12.8 Å². The van der Waals surface area contributed by atoms with Gasteiger partial charge in [0.05, 0.1) is 25.4 Å². The van der Waals surface area contributed by atoms with Gasteiger partial charge in [-0.2, -0.15) is 0 Å². The lowest BCUT2D eigenvalue weighted by Crippen LogP contribution is -2.45. The van der Waals surface area contributed by atoms with Gasteiger partial charge in [0.15, 0.2) is 0 Å². The maximum atomic E-state index is 12.4. The zero-order valence-corrected chi connectivity index (χ0v) is 41.9. The van der Waals surface area contributed by atoms with Crippen LogP contribution in [0.2, 0.25) is 0 Å². The number of esters is 1. The summed E-state index contributed by atoms with van der Waals surface area (Å²) in [5, 5.41) is 23.1. The van der Waals surface area contributed by atoms with Gasteiger partial charge < -0.3 is 20.3 Å². The van der Waals surface area contributed by atoms with Gasteiger partial charge >= 0.3 is 5.97 Å². The van der Waals surface area contributed by atoms with Gasteiger partial charge in [0.25, 0.3) is 0 Å². The molecule has 6 nitrogen and oxygen atoms in total. The summed E-state index contributed by atoms with van der Waals surface area (Å²) in [5.74, 6) is -0.0309. The minimum absolute atomic E-state index is 0.00521. The Kier molecular flexibility index (Phi) is 51.0. The number of carbonyl (C=O) groups excluding carboxylic acids is 2. The van der Waals surface area contributed by atoms with Crippen LogP contribution in [0, 0.1) is 0 Å². The molecule has 0 saturated carbocycles. The predicted molar refractivity (Wildman–Crippen MR) is 269 cm³/mol. The highest BCUT2D eigenvalue weighted by Crippen LogP contribution is 2.17. The van der Waals surface area contributed by atoms with Crippen molar-refractivity contribution in [3.63, 3.8) is 0 Å². The molecule has 1 amide bonds. The van der Waals surface area contributed by atoms with Crippen molar-refractivity contribution in [1.82, 2.24) is 5.32 Å². The van der Waals surface area contributed by atoms with E-state index in [0.29, 0.717) is 25.9 Å². The number of carbonyl (C=O) groups is 2. The van der Waals surface area contributed by atoms with Crippen molar-refractivity contribution < 1.29 is 24.5 Å². The van der Waals surface area contributed by atoms with Crippen LogP contribution in [0.4, 0.5) is 0 Å². The van der Waals surface area contributed by atoms with Crippen molar-refractivity contribution in [2.45, 2.75) is 321 Å². The first-order valence-corrected chi connectivity index (χ1v) is 27.9. The molecule has 0 aromatic carbocycles. The Morgan fingerprint density at radius 1 is 0.435 bits per heavy atom. The molecule has 0 aliphatic carbocycles. The number of unbranched alkanes of at least 4 members (excludes halogenated alkanes) is 39. The van der Waals surface area contributed by atoms with Crippen LogP contribution < -0.4 is 5.32 Å². The summed E-state index contributed by atoms with van der Waals surface area (Å²) in [6.07, 6.45) is 60.7. The fourth-order valence-corrected chi connectivity index (χ4v) is 8.75. The first-order valence-electron chi connectivity index (χ1n) is 27.9. The smallest absolute Gasteiger partial charge is 0.305 e. The van der Waals surface area contributed by atoms with E-state index >= 15 is 0 Å². The summed E-state index contributed by atoms with van der Waals surface area (Å²) in [4.78, 5) is 24.4. The summed E-state index contributed by atoms with van der Waals surface area (Å²) >= 11 is 0. The Labute approximate surface area is 387 Å². The molecule has 6 heteroatoms. The molecular weight excluding hydrogens is 767 g/mol. The summed E-state index contributed by atoms with van der Waals surface area (Å²) in [5.41, 5.74) is 0. The molecule has 2 unspecified atom stereocenters. The fourth-order valence-electron chi connectivity index (χ4n) is 8.75. The van der Waals surface area contributed by atoms with Crippen molar-refractivity contribution in [3.8, 4) is 0 Å². The average molecular weight is 876 g/mol. The van der Waals surface area contributed by atoms with Gasteiger partial charge in [-0.1, -0.05) is 257 Å². The molecule has 0 fully saturated rings. The third-order valence-electron chi connectivity index (χ3n) is 13.1. The molecule has 2 atom stereocenters. The first kappa shape index (κ1) is 60.6. The topological polar surface area (TPSA) is 95.9 Å². The fraction of sp³-hybridized carbons (Fsp3) is 0.929. The molecule has 0 aliphatic rings. The minimum Gasteiger partial charge on any atom is -0.466 e. The summed E-state index contributed by atoms with van der Waals surface area (Å²) in [7, 11) is 0. The van der Waals surface area contributed by atoms with Crippen molar-refractivity contribution >= 4 is 11.9 Å². The molecule has 0 rings (SSSR count). The zero-order valence-electron chi connectivity index (χ0n) is 41.9. The third-order valence-corrected chi connectivity index (χ3v) is 13.1.